The number of carbonyl (C=O) groups excluding carboxylic acids is 4. The van der Waals surface area contributed by atoms with E-state index >= 15 is 0 Å². The van der Waals surface area contributed by atoms with Gasteiger partial charge in [-0.05, 0) is 6.92 Å². The van der Waals surface area contributed by atoms with Gasteiger partial charge >= 0.3 is 6.03 Å². The molecule has 1 unspecified atom stereocenters. The summed E-state index contributed by atoms with van der Waals surface area (Å²) in [5, 5.41) is 4.97. The van der Waals surface area contributed by atoms with Crippen LogP contribution in [0.3, 0.4) is 0 Å². The normalized spacial score (nSPS) is 24.1. The van der Waals surface area contributed by atoms with Crippen LogP contribution in [0.15, 0.2) is 0 Å². The summed E-state index contributed by atoms with van der Waals surface area (Å²) in [6.45, 7) is 1.98. The number of hydrogen-bond acceptors (Lipinski definition) is 4. The van der Waals surface area contributed by atoms with Gasteiger partial charge in [-0.25, -0.2) is 4.79 Å². The van der Waals surface area contributed by atoms with E-state index in [9.17, 15) is 19.2 Å². The molecule has 18 heavy (non-hydrogen) atoms. The molecule has 0 aliphatic carbocycles. The van der Waals surface area contributed by atoms with Crippen LogP contribution in [0.1, 0.15) is 6.92 Å². The van der Waals surface area contributed by atoms with Crippen LogP contribution in [-0.4, -0.2) is 65.8 Å². The molecule has 1 atom stereocenters. The van der Waals surface area contributed by atoms with E-state index in [0.29, 0.717) is 13.1 Å². The van der Waals surface area contributed by atoms with Crippen molar-refractivity contribution in [2.45, 2.75) is 13.0 Å². The SMILES string of the molecule is CC1C(=O)NCCN1C(=O)CN1C(=O)CNC1=O. The van der Waals surface area contributed by atoms with Crippen molar-refractivity contribution in [3.05, 3.63) is 0 Å². The molecule has 98 valence electrons. The van der Waals surface area contributed by atoms with Crippen LogP contribution in [0.25, 0.3) is 0 Å². The standard InChI is InChI=1S/C10H14N4O4/c1-6-9(17)11-2-3-13(6)8(16)5-14-7(15)4-12-10(14)18/h6H,2-5H2,1H3,(H,11,17)(H,12,18). The lowest BCUT2D eigenvalue weighted by molar-refractivity contribution is -0.144. The van der Waals surface area contributed by atoms with Gasteiger partial charge in [-0.15, -0.1) is 0 Å². The van der Waals surface area contributed by atoms with Crippen LogP contribution in [0.5, 0.6) is 0 Å². The van der Waals surface area contributed by atoms with Gasteiger partial charge in [0.2, 0.25) is 11.8 Å². The summed E-state index contributed by atoms with van der Waals surface area (Å²) in [5.74, 6) is -1.06. The highest BCUT2D eigenvalue weighted by atomic mass is 16.2. The molecule has 2 rings (SSSR count). The molecular formula is C10H14N4O4. The fourth-order valence-electron chi connectivity index (χ4n) is 1.96. The molecule has 5 amide bonds. The Hall–Kier alpha value is -2.12. The van der Waals surface area contributed by atoms with Gasteiger partial charge in [0.25, 0.3) is 5.91 Å². The third kappa shape index (κ3) is 2.13. The first-order valence-corrected chi connectivity index (χ1v) is 5.66. The first-order valence-electron chi connectivity index (χ1n) is 5.66. The van der Waals surface area contributed by atoms with Crippen LogP contribution in [-0.2, 0) is 14.4 Å². The number of nitrogens with one attached hydrogen (secondary N) is 2. The molecule has 2 heterocycles. The van der Waals surface area contributed by atoms with Gasteiger partial charge in [0.15, 0.2) is 0 Å². The van der Waals surface area contributed by atoms with E-state index in [1.165, 1.54) is 4.90 Å². The maximum Gasteiger partial charge on any atom is 0.325 e. The van der Waals surface area contributed by atoms with E-state index in [0.717, 1.165) is 4.90 Å². The number of piperazine rings is 1. The molecular weight excluding hydrogens is 240 g/mol. The van der Waals surface area contributed by atoms with Gasteiger partial charge in [0.1, 0.15) is 12.6 Å². The second-order valence-corrected chi connectivity index (χ2v) is 4.19. The molecule has 0 bridgehead atoms. The number of hydrogen-bond donors (Lipinski definition) is 2. The Labute approximate surface area is 103 Å². The average molecular weight is 254 g/mol. The summed E-state index contributed by atoms with van der Waals surface area (Å²) in [4.78, 5) is 48.3. The van der Waals surface area contributed by atoms with E-state index in [1.54, 1.807) is 6.92 Å². The van der Waals surface area contributed by atoms with Gasteiger partial charge in [0.05, 0.1) is 6.54 Å². The summed E-state index contributed by atoms with van der Waals surface area (Å²) >= 11 is 0. The predicted octanol–water partition coefficient (Wildman–Crippen LogP) is -2.11. The van der Waals surface area contributed by atoms with Gasteiger partial charge in [-0.2, -0.15) is 0 Å². The largest absolute Gasteiger partial charge is 0.353 e. The molecule has 2 N–H and O–H groups in total. The third-order valence-electron chi connectivity index (χ3n) is 3.05. The highest BCUT2D eigenvalue weighted by Crippen LogP contribution is 2.07. The average Bonchev–Trinajstić information content (AvgIpc) is 2.64. The lowest BCUT2D eigenvalue weighted by Gasteiger charge is -2.33. The van der Waals surface area contributed by atoms with Gasteiger partial charge < -0.3 is 15.5 Å². The van der Waals surface area contributed by atoms with Crippen LogP contribution in [0.2, 0.25) is 0 Å². The Morgan fingerprint density at radius 3 is 2.67 bits per heavy atom. The maximum atomic E-state index is 12.0. The fraction of sp³-hybridized carbons (Fsp3) is 0.600. The number of carbonyl (C=O) groups is 4. The van der Waals surface area contributed by atoms with Gasteiger partial charge in [0, 0.05) is 13.1 Å². The molecule has 2 aliphatic rings. The van der Waals surface area contributed by atoms with Gasteiger partial charge in [-0.3, -0.25) is 19.3 Å². The smallest absolute Gasteiger partial charge is 0.325 e. The zero-order valence-corrected chi connectivity index (χ0v) is 9.93. The Bertz CT molecular complexity index is 406. The third-order valence-corrected chi connectivity index (χ3v) is 3.05. The van der Waals surface area contributed by atoms with Crippen molar-refractivity contribution >= 4 is 23.8 Å². The lowest BCUT2D eigenvalue weighted by Crippen LogP contribution is -2.57. The molecule has 2 fully saturated rings. The zero-order chi connectivity index (χ0) is 13.3. The lowest BCUT2D eigenvalue weighted by atomic mass is 10.2. The van der Waals surface area contributed by atoms with Crippen LogP contribution < -0.4 is 10.6 Å². The topological polar surface area (TPSA) is 98.8 Å². The second kappa shape index (κ2) is 4.63. The molecule has 8 heteroatoms. The van der Waals surface area contributed by atoms with Crippen molar-refractivity contribution in [3.8, 4) is 0 Å². The van der Waals surface area contributed by atoms with Crippen LogP contribution in [0, 0.1) is 0 Å². The number of rotatable bonds is 2. The van der Waals surface area contributed by atoms with E-state index in [-0.39, 0.29) is 19.0 Å². The Morgan fingerprint density at radius 2 is 2.06 bits per heavy atom. The van der Waals surface area contributed by atoms with Crippen molar-refractivity contribution in [2.24, 2.45) is 0 Å². The minimum Gasteiger partial charge on any atom is -0.353 e. The number of imide groups is 1. The number of urea groups is 1. The predicted molar refractivity (Wildman–Crippen MR) is 59.3 cm³/mol. The summed E-state index contributed by atoms with van der Waals surface area (Å²) in [7, 11) is 0. The van der Waals surface area contributed by atoms with Crippen molar-refractivity contribution in [3.63, 3.8) is 0 Å². The van der Waals surface area contributed by atoms with Crippen molar-refractivity contribution < 1.29 is 19.2 Å². The quantitative estimate of drug-likeness (QED) is 0.551. The fourth-order valence-corrected chi connectivity index (χ4v) is 1.96. The summed E-state index contributed by atoms with van der Waals surface area (Å²) in [6.07, 6.45) is 0. The van der Waals surface area contributed by atoms with E-state index in [4.69, 9.17) is 0 Å². The molecule has 0 spiro atoms. The molecule has 0 aromatic heterocycles. The molecule has 2 saturated heterocycles. The Kier molecular flexibility index (Phi) is 3.17. The zero-order valence-electron chi connectivity index (χ0n) is 9.93. The van der Waals surface area contributed by atoms with E-state index < -0.39 is 23.9 Å². The number of amides is 5. The van der Waals surface area contributed by atoms with Gasteiger partial charge in [-0.1, -0.05) is 0 Å². The first kappa shape index (κ1) is 12.3. The monoisotopic (exact) mass is 254 g/mol. The first-order chi connectivity index (χ1) is 8.50. The van der Waals surface area contributed by atoms with Crippen LogP contribution >= 0.6 is 0 Å². The molecule has 0 saturated carbocycles. The minimum atomic E-state index is -0.577. The Balaban J connectivity index is 2.01. The second-order valence-electron chi connectivity index (χ2n) is 4.19. The van der Waals surface area contributed by atoms with Crippen LogP contribution in [0.4, 0.5) is 4.79 Å². The molecule has 2 aliphatic heterocycles. The maximum absolute atomic E-state index is 12.0. The summed E-state index contributed by atoms with van der Waals surface area (Å²) < 4.78 is 0. The number of nitrogens with zero attached hydrogens (tertiary/aromatic N) is 2. The van der Waals surface area contributed by atoms with E-state index in [2.05, 4.69) is 10.6 Å². The summed E-state index contributed by atoms with van der Waals surface area (Å²) in [5.41, 5.74) is 0. The van der Waals surface area contributed by atoms with E-state index in [1.807, 2.05) is 0 Å². The molecule has 0 aromatic rings. The van der Waals surface area contributed by atoms with Crippen molar-refractivity contribution in [1.82, 2.24) is 20.4 Å². The van der Waals surface area contributed by atoms with Crippen molar-refractivity contribution in [2.75, 3.05) is 26.2 Å². The summed E-state index contributed by atoms with van der Waals surface area (Å²) in [6, 6.07) is -1.14. The highest BCUT2D eigenvalue weighted by Gasteiger charge is 2.35. The molecule has 8 nitrogen and oxygen atoms in total. The minimum absolute atomic E-state index is 0.0812. The highest BCUT2D eigenvalue weighted by molar-refractivity contribution is 6.04. The molecule has 0 radical (unpaired) electrons. The van der Waals surface area contributed by atoms with Crippen molar-refractivity contribution in [1.29, 1.82) is 0 Å². The Morgan fingerprint density at radius 1 is 1.33 bits per heavy atom. The molecule has 0 aromatic carbocycles.